The van der Waals surface area contributed by atoms with Gasteiger partial charge in [0, 0.05) is 25.7 Å². The monoisotopic (exact) mass is 437 g/mol. The van der Waals surface area contributed by atoms with E-state index in [1.165, 1.54) is 13.2 Å². The van der Waals surface area contributed by atoms with Crippen LogP contribution < -0.4 is 29.6 Å². The van der Waals surface area contributed by atoms with E-state index < -0.39 is 6.61 Å². The lowest BCUT2D eigenvalue weighted by Crippen LogP contribution is -2.36. The number of aliphatic imine (C=N–C) groups is 1. The van der Waals surface area contributed by atoms with E-state index in [1.54, 1.807) is 26.3 Å². The Bertz CT molecular complexity index is 863. The van der Waals surface area contributed by atoms with Gasteiger partial charge in [0.05, 0.1) is 20.8 Å². The minimum Gasteiger partial charge on any atom is -0.497 e. The number of hydrogen-bond donors (Lipinski definition) is 2. The van der Waals surface area contributed by atoms with Crippen molar-refractivity contribution in [3.63, 3.8) is 0 Å². The average Bonchev–Trinajstić information content (AvgIpc) is 2.78. The molecule has 2 rings (SSSR count). The molecule has 31 heavy (non-hydrogen) atoms. The van der Waals surface area contributed by atoms with Crippen LogP contribution in [-0.2, 0) is 13.1 Å². The largest absolute Gasteiger partial charge is 0.497 e. The standard InChI is InChI=1S/C22H29F2N3O4/c1-5-10-30-19-8-6-15(11-20(19)29-4)13-26-22(25-2)27-14-16-12-17(28-3)7-9-18(16)31-21(23)24/h6-9,11-12,21H,5,10,13-14H2,1-4H3,(H2,25,26,27). The Labute approximate surface area is 181 Å². The highest BCUT2D eigenvalue weighted by Crippen LogP contribution is 2.28. The maximum Gasteiger partial charge on any atom is 0.387 e. The van der Waals surface area contributed by atoms with E-state index >= 15 is 0 Å². The first kappa shape index (κ1) is 24.0. The van der Waals surface area contributed by atoms with Crippen molar-refractivity contribution in [2.75, 3.05) is 27.9 Å². The summed E-state index contributed by atoms with van der Waals surface area (Å²) < 4.78 is 46.2. The quantitative estimate of drug-likeness (QED) is 0.410. The zero-order valence-electron chi connectivity index (χ0n) is 18.2. The predicted octanol–water partition coefficient (Wildman–Crippen LogP) is 3.96. The maximum atomic E-state index is 12.7. The molecular formula is C22H29F2N3O4. The Morgan fingerprint density at radius 1 is 0.968 bits per heavy atom. The third-order valence-electron chi connectivity index (χ3n) is 4.30. The van der Waals surface area contributed by atoms with Gasteiger partial charge < -0.3 is 29.6 Å². The van der Waals surface area contributed by atoms with Crippen LogP contribution in [-0.4, -0.2) is 40.4 Å². The van der Waals surface area contributed by atoms with Gasteiger partial charge in [-0.15, -0.1) is 0 Å². The second-order valence-corrected chi connectivity index (χ2v) is 6.47. The Hall–Kier alpha value is -3.23. The average molecular weight is 437 g/mol. The number of nitrogens with zero attached hydrogens (tertiary/aromatic N) is 1. The van der Waals surface area contributed by atoms with Gasteiger partial charge in [0.25, 0.3) is 0 Å². The van der Waals surface area contributed by atoms with Crippen LogP contribution in [0.15, 0.2) is 41.4 Å². The van der Waals surface area contributed by atoms with Crippen molar-refractivity contribution in [2.45, 2.75) is 33.0 Å². The molecule has 0 saturated heterocycles. The molecule has 0 aliphatic rings. The number of ether oxygens (including phenoxy) is 4. The number of methoxy groups -OCH3 is 2. The highest BCUT2D eigenvalue weighted by Gasteiger charge is 2.12. The normalized spacial score (nSPS) is 11.3. The zero-order valence-corrected chi connectivity index (χ0v) is 18.2. The summed E-state index contributed by atoms with van der Waals surface area (Å²) in [4.78, 5) is 4.17. The zero-order chi connectivity index (χ0) is 22.6. The minimum absolute atomic E-state index is 0.0751. The van der Waals surface area contributed by atoms with Gasteiger partial charge in [-0.1, -0.05) is 13.0 Å². The van der Waals surface area contributed by atoms with Crippen LogP contribution in [0.5, 0.6) is 23.0 Å². The van der Waals surface area contributed by atoms with Crippen molar-refractivity contribution in [2.24, 2.45) is 4.99 Å². The summed E-state index contributed by atoms with van der Waals surface area (Å²) in [5, 5.41) is 6.27. The first-order chi connectivity index (χ1) is 15.0. The molecule has 7 nitrogen and oxygen atoms in total. The number of benzene rings is 2. The molecule has 0 atom stereocenters. The molecule has 0 radical (unpaired) electrons. The fourth-order valence-corrected chi connectivity index (χ4v) is 2.77. The van der Waals surface area contributed by atoms with Crippen molar-refractivity contribution in [1.82, 2.24) is 10.6 Å². The molecule has 2 N–H and O–H groups in total. The van der Waals surface area contributed by atoms with Crippen molar-refractivity contribution in [3.8, 4) is 23.0 Å². The number of guanidine groups is 1. The number of alkyl halides is 2. The lowest BCUT2D eigenvalue weighted by atomic mass is 10.2. The van der Waals surface area contributed by atoms with Gasteiger partial charge in [0.2, 0.25) is 0 Å². The highest BCUT2D eigenvalue weighted by molar-refractivity contribution is 5.79. The van der Waals surface area contributed by atoms with Gasteiger partial charge in [0.15, 0.2) is 17.5 Å². The molecular weight excluding hydrogens is 408 g/mol. The molecule has 0 aliphatic heterocycles. The van der Waals surface area contributed by atoms with Gasteiger partial charge in [-0.25, -0.2) is 0 Å². The fraction of sp³-hybridized carbons (Fsp3) is 0.409. The second kappa shape index (κ2) is 12.5. The van der Waals surface area contributed by atoms with Crippen LogP contribution in [0, 0.1) is 0 Å². The number of hydrogen-bond acceptors (Lipinski definition) is 5. The van der Waals surface area contributed by atoms with Crippen LogP contribution in [0.2, 0.25) is 0 Å². The first-order valence-electron chi connectivity index (χ1n) is 9.86. The lowest BCUT2D eigenvalue weighted by Gasteiger charge is -2.16. The molecule has 9 heteroatoms. The molecule has 0 fully saturated rings. The molecule has 170 valence electrons. The fourth-order valence-electron chi connectivity index (χ4n) is 2.77. The van der Waals surface area contributed by atoms with E-state index in [1.807, 2.05) is 25.1 Å². The van der Waals surface area contributed by atoms with Crippen molar-refractivity contribution >= 4 is 5.96 Å². The summed E-state index contributed by atoms with van der Waals surface area (Å²) in [5.41, 5.74) is 1.48. The number of rotatable bonds is 11. The van der Waals surface area contributed by atoms with Crippen LogP contribution >= 0.6 is 0 Å². The molecule has 0 unspecified atom stereocenters. The Morgan fingerprint density at radius 3 is 2.35 bits per heavy atom. The van der Waals surface area contributed by atoms with Gasteiger partial charge in [0.1, 0.15) is 11.5 Å². The topological polar surface area (TPSA) is 73.3 Å². The molecule has 0 heterocycles. The summed E-state index contributed by atoms with van der Waals surface area (Å²) in [5.74, 6) is 2.46. The van der Waals surface area contributed by atoms with Gasteiger partial charge in [-0.2, -0.15) is 8.78 Å². The smallest absolute Gasteiger partial charge is 0.387 e. The van der Waals surface area contributed by atoms with Gasteiger partial charge in [-0.3, -0.25) is 4.99 Å². The van der Waals surface area contributed by atoms with Crippen LogP contribution in [0.25, 0.3) is 0 Å². The SMILES string of the molecule is CCCOc1ccc(CNC(=NC)NCc2cc(OC)ccc2OC(F)F)cc1OC. The maximum absolute atomic E-state index is 12.7. The van der Waals surface area contributed by atoms with Crippen LogP contribution in [0.3, 0.4) is 0 Å². The van der Waals surface area contributed by atoms with Gasteiger partial charge in [-0.05, 0) is 42.3 Å². The van der Waals surface area contributed by atoms with E-state index in [0.29, 0.717) is 41.9 Å². The van der Waals surface area contributed by atoms with E-state index in [2.05, 4.69) is 20.4 Å². The summed E-state index contributed by atoms with van der Waals surface area (Å²) in [6, 6.07) is 10.3. The molecule has 0 spiro atoms. The Morgan fingerprint density at radius 2 is 1.71 bits per heavy atom. The summed E-state index contributed by atoms with van der Waals surface area (Å²) in [7, 11) is 4.73. The van der Waals surface area contributed by atoms with Gasteiger partial charge >= 0.3 is 6.61 Å². The predicted molar refractivity (Wildman–Crippen MR) is 115 cm³/mol. The number of halogens is 2. The van der Waals surface area contributed by atoms with E-state index in [0.717, 1.165) is 12.0 Å². The molecule has 2 aromatic rings. The molecule has 0 aromatic heterocycles. The summed E-state index contributed by atoms with van der Waals surface area (Å²) in [6.07, 6.45) is 0.909. The van der Waals surface area contributed by atoms with E-state index in [4.69, 9.17) is 14.2 Å². The van der Waals surface area contributed by atoms with E-state index in [9.17, 15) is 8.78 Å². The third kappa shape index (κ3) is 7.51. The van der Waals surface area contributed by atoms with Crippen molar-refractivity contribution in [3.05, 3.63) is 47.5 Å². The van der Waals surface area contributed by atoms with Crippen LogP contribution in [0.4, 0.5) is 8.78 Å². The summed E-state index contributed by atoms with van der Waals surface area (Å²) >= 11 is 0. The van der Waals surface area contributed by atoms with Crippen LogP contribution in [0.1, 0.15) is 24.5 Å². The minimum atomic E-state index is -2.91. The van der Waals surface area contributed by atoms with Crippen molar-refractivity contribution in [1.29, 1.82) is 0 Å². The molecule has 2 aromatic carbocycles. The first-order valence-corrected chi connectivity index (χ1v) is 9.86. The Balaban J connectivity index is 2.01. The highest BCUT2D eigenvalue weighted by atomic mass is 19.3. The number of nitrogens with one attached hydrogen (secondary N) is 2. The molecule has 0 amide bonds. The van der Waals surface area contributed by atoms with Crippen molar-refractivity contribution < 1.29 is 27.7 Å². The lowest BCUT2D eigenvalue weighted by molar-refractivity contribution is -0.0505. The molecule has 0 bridgehead atoms. The third-order valence-corrected chi connectivity index (χ3v) is 4.30. The van der Waals surface area contributed by atoms with E-state index in [-0.39, 0.29) is 12.3 Å². The molecule has 0 saturated carbocycles. The molecule has 0 aliphatic carbocycles. The second-order valence-electron chi connectivity index (χ2n) is 6.47. The Kier molecular flexibility index (Phi) is 9.67. The summed E-state index contributed by atoms with van der Waals surface area (Å²) in [6.45, 7) is 0.432.